The standard InChI is InChI=1S/C33H25N3O7/c37-31(40-23-24-10-4-1-5-11-24)35-25-16-18-28(19-17-25)41-29-20-21-34-30(22-29)36(32(38)42-26-12-6-2-7-13-26)33(39)43-27-14-8-3-9-15-27/h1-22H,23H2,(H,35,37). The van der Waals surface area contributed by atoms with E-state index in [2.05, 4.69) is 10.3 Å². The first-order chi connectivity index (χ1) is 21.0. The summed E-state index contributed by atoms with van der Waals surface area (Å²) in [6, 6.07) is 35.4. The van der Waals surface area contributed by atoms with E-state index in [4.69, 9.17) is 18.9 Å². The van der Waals surface area contributed by atoms with Crippen LogP contribution in [0.2, 0.25) is 0 Å². The highest BCUT2D eigenvalue weighted by atomic mass is 16.6. The number of para-hydroxylation sites is 2. The minimum Gasteiger partial charge on any atom is -0.457 e. The molecule has 3 amide bonds. The molecule has 1 N–H and O–H groups in total. The zero-order chi connectivity index (χ0) is 29.9. The minimum absolute atomic E-state index is 0.0844. The van der Waals surface area contributed by atoms with Crippen LogP contribution in [-0.4, -0.2) is 23.3 Å². The number of carbonyl (C=O) groups is 3. The first-order valence-corrected chi connectivity index (χ1v) is 13.1. The van der Waals surface area contributed by atoms with Crippen LogP contribution in [0, 0.1) is 0 Å². The van der Waals surface area contributed by atoms with Crippen molar-refractivity contribution in [2.45, 2.75) is 6.61 Å². The number of rotatable bonds is 8. The van der Waals surface area contributed by atoms with Crippen molar-refractivity contribution in [1.29, 1.82) is 0 Å². The Morgan fingerprint density at radius 3 is 1.77 bits per heavy atom. The van der Waals surface area contributed by atoms with E-state index in [0.717, 1.165) is 5.56 Å². The smallest absolute Gasteiger partial charge is 0.430 e. The van der Waals surface area contributed by atoms with Gasteiger partial charge in [-0.05, 0) is 60.2 Å². The molecule has 0 spiro atoms. The largest absolute Gasteiger partial charge is 0.457 e. The molecule has 0 bridgehead atoms. The number of aromatic nitrogens is 1. The molecule has 0 aliphatic heterocycles. The predicted molar refractivity (Wildman–Crippen MR) is 158 cm³/mol. The monoisotopic (exact) mass is 575 g/mol. The third-order valence-corrected chi connectivity index (χ3v) is 5.76. The van der Waals surface area contributed by atoms with Gasteiger partial charge in [0, 0.05) is 18.0 Å². The van der Waals surface area contributed by atoms with Crippen molar-refractivity contribution >= 4 is 29.8 Å². The number of benzene rings is 4. The fraction of sp³-hybridized carbons (Fsp3) is 0.0303. The van der Waals surface area contributed by atoms with Crippen LogP contribution in [0.25, 0.3) is 0 Å². The third-order valence-electron chi connectivity index (χ3n) is 5.76. The molecule has 5 rings (SSSR count). The number of nitrogens with one attached hydrogen (secondary N) is 1. The number of pyridine rings is 1. The summed E-state index contributed by atoms with van der Waals surface area (Å²) in [5.74, 6) is 1.08. The summed E-state index contributed by atoms with van der Waals surface area (Å²) in [5, 5.41) is 2.66. The number of imide groups is 1. The minimum atomic E-state index is -1.02. The van der Waals surface area contributed by atoms with E-state index < -0.39 is 18.3 Å². The highest BCUT2D eigenvalue weighted by Gasteiger charge is 2.29. The second-order valence-corrected chi connectivity index (χ2v) is 8.86. The topological polar surface area (TPSA) is 116 Å². The highest BCUT2D eigenvalue weighted by molar-refractivity contribution is 6.09. The van der Waals surface area contributed by atoms with Crippen LogP contribution in [0.5, 0.6) is 23.0 Å². The molecule has 5 aromatic rings. The Labute approximate surface area is 247 Å². The van der Waals surface area contributed by atoms with Gasteiger partial charge in [0.1, 0.15) is 29.6 Å². The summed E-state index contributed by atoms with van der Waals surface area (Å²) in [6.45, 7) is 0.146. The first-order valence-electron chi connectivity index (χ1n) is 13.1. The molecule has 0 atom stereocenters. The van der Waals surface area contributed by atoms with E-state index >= 15 is 0 Å². The van der Waals surface area contributed by atoms with E-state index in [1.165, 1.54) is 12.3 Å². The van der Waals surface area contributed by atoms with Crippen LogP contribution < -0.4 is 24.4 Å². The Bertz CT molecular complexity index is 1610. The van der Waals surface area contributed by atoms with Crippen LogP contribution >= 0.6 is 0 Å². The summed E-state index contributed by atoms with van der Waals surface area (Å²) in [4.78, 5) is 43.3. The Morgan fingerprint density at radius 1 is 0.628 bits per heavy atom. The number of hydrogen-bond donors (Lipinski definition) is 1. The van der Waals surface area contributed by atoms with Gasteiger partial charge in [-0.2, -0.15) is 4.90 Å². The average Bonchev–Trinajstić information content (AvgIpc) is 3.03. The Morgan fingerprint density at radius 2 is 1.19 bits per heavy atom. The van der Waals surface area contributed by atoms with Gasteiger partial charge in [-0.15, -0.1) is 0 Å². The SMILES string of the molecule is O=C(Nc1ccc(Oc2ccnc(N(C(=O)Oc3ccccc3)C(=O)Oc3ccccc3)c2)cc1)OCc1ccccc1. The Hall–Kier alpha value is -6.16. The molecule has 0 radical (unpaired) electrons. The van der Waals surface area contributed by atoms with Crippen molar-refractivity contribution in [3.05, 3.63) is 139 Å². The van der Waals surface area contributed by atoms with Crippen LogP contribution in [0.1, 0.15) is 5.56 Å². The van der Waals surface area contributed by atoms with Crippen LogP contribution in [-0.2, 0) is 11.3 Å². The van der Waals surface area contributed by atoms with Crippen molar-refractivity contribution in [2.75, 3.05) is 10.2 Å². The maximum absolute atomic E-state index is 13.1. The normalized spacial score (nSPS) is 10.2. The van der Waals surface area contributed by atoms with Gasteiger partial charge >= 0.3 is 18.3 Å². The number of nitrogens with zero attached hydrogens (tertiary/aromatic N) is 2. The fourth-order valence-electron chi connectivity index (χ4n) is 3.74. The van der Waals surface area contributed by atoms with Gasteiger partial charge in [0.2, 0.25) is 0 Å². The van der Waals surface area contributed by atoms with Crippen LogP contribution in [0.15, 0.2) is 134 Å². The van der Waals surface area contributed by atoms with E-state index in [1.54, 1.807) is 91.0 Å². The molecule has 0 saturated heterocycles. The number of anilines is 2. The molecule has 1 heterocycles. The van der Waals surface area contributed by atoms with E-state index in [1.807, 2.05) is 30.3 Å². The van der Waals surface area contributed by atoms with Crippen molar-refractivity contribution < 1.29 is 33.3 Å². The summed E-state index contributed by atoms with van der Waals surface area (Å²) in [7, 11) is 0. The van der Waals surface area contributed by atoms with Gasteiger partial charge in [0.15, 0.2) is 5.82 Å². The summed E-state index contributed by atoms with van der Waals surface area (Å²) < 4.78 is 21.9. The van der Waals surface area contributed by atoms with E-state index in [9.17, 15) is 14.4 Å². The second kappa shape index (κ2) is 14.0. The van der Waals surface area contributed by atoms with Crippen LogP contribution in [0.4, 0.5) is 25.9 Å². The van der Waals surface area contributed by atoms with Gasteiger partial charge in [0.25, 0.3) is 0 Å². The molecule has 10 heteroatoms. The number of hydrogen-bond acceptors (Lipinski definition) is 8. The van der Waals surface area contributed by atoms with Crippen molar-refractivity contribution in [3.63, 3.8) is 0 Å². The lowest BCUT2D eigenvalue weighted by atomic mass is 10.2. The molecule has 43 heavy (non-hydrogen) atoms. The van der Waals surface area contributed by atoms with Gasteiger partial charge in [0.05, 0.1) is 0 Å². The maximum Gasteiger partial charge on any atom is 0.430 e. The molecule has 0 saturated carbocycles. The molecule has 0 aliphatic rings. The van der Waals surface area contributed by atoms with Gasteiger partial charge in [-0.1, -0.05) is 66.7 Å². The lowest BCUT2D eigenvalue weighted by Gasteiger charge is -2.19. The summed E-state index contributed by atoms with van der Waals surface area (Å²) in [6.07, 6.45) is -1.26. The molecule has 0 aliphatic carbocycles. The molecule has 1 aromatic heterocycles. The van der Waals surface area contributed by atoms with Crippen molar-refractivity contribution in [2.24, 2.45) is 0 Å². The molecule has 0 fully saturated rings. The van der Waals surface area contributed by atoms with Crippen LogP contribution in [0.3, 0.4) is 0 Å². The van der Waals surface area contributed by atoms with Gasteiger partial charge in [-0.3, -0.25) is 5.32 Å². The Kier molecular flexibility index (Phi) is 9.21. The molecule has 214 valence electrons. The molecular formula is C33H25N3O7. The van der Waals surface area contributed by atoms with Gasteiger partial charge in [-0.25, -0.2) is 19.4 Å². The highest BCUT2D eigenvalue weighted by Crippen LogP contribution is 2.27. The maximum atomic E-state index is 13.1. The zero-order valence-electron chi connectivity index (χ0n) is 22.7. The molecule has 4 aromatic carbocycles. The van der Waals surface area contributed by atoms with Gasteiger partial charge < -0.3 is 18.9 Å². The second-order valence-electron chi connectivity index (χ2n) is 8.86. The van der Waals surface area contributed by atoms with E-state index in [0.29, 0.717) is 16.3 Å². The predicted octanol–water partition coefficient (Wildman–Crippen LogP) is 7.83. The molecule has 0 unspecified atom stereocenters. The fourth-order valence-corrected chi connectivity index (χ4v) is 3.74. The third kappa shape index (κ3) is 8.18. The van der Waals surface area contributed by atoms with E-state index in [-0.39, 0.29) is 29.7 Å². The number of amides is 3. The number of carbonyl (C=O) groups excluding carboxylic acids is 3. The molecular weight excluding hydrogens is 550 g/mol. The average molecular weight is 576 g/mol. The summed E-state index contributed by atoms with van der Waals surface area (Å²) >= 11 is 0. The quantitative estimate of drug-likeness (QED) is 0.199. The Balaban J connectivity index is 1.27. The lowest BCUT2D eigenvalue weighted by molar-refractivity contribution is 0.155. The zero-order valence-corrected chi connectivity index (χ0v) is 22.7. The lowest BCUT2D eigenvalue weighted by Crippen LogP contribution is -2.41. The number of ether oxygens (including phenoxy) is 4. The molecule has 10 nitrogen and oxygen atoms in total. The first kappa shape index (κ1) is 28.4. The van der Waals surface area contributed by atoms with Crippen molar-refractivity contribution in [1.82, 2.24) is 4.98 Å². The van der Waals surface area contributed by atoms with Crippen molar-refractivity contribution in [3.8, 4) is 23.0 Å². The summed E-state index contributed by atoms with van der Waals surface area (Å²) in [5.41, 5.74) is 1.37.